The predicted octanol–water partition coefficient (Wildman–Crippen LogP) is 2.13. The van der Waals surface area contributed by atoms with Crippen molar-refractivity contribution < 1.29 is 24.2 Å². The number of benzene rings is 1. The molecule has 1 aliphatic rings. The van der Waals surface area contributed by atoms with E-state index in [1.807, 2.05) is 0 Å². The number of carbonyl (C=O) groups is 2. The molecule has 0 spiro atoms. The number of urea groups is 1. The van der Waals surface area contributed by atoms with Gasteiger partial charge in [-0.2, -0.15) is 0 Å². The monoisotopic (exact) mass is 294 g/mol. The van der Waals surface area contributed by atoms with Crippen LogP contribution in [0.15, 0.2) is 18.2 Å². The number of likely N-dealkylation sites (N-methyl/N-ethyl adjacent to an activating group) is 1. The van der Waals surface area contributed by atoms with Gasteiger partial charge < -0.3 is 24.8 Å². The zero-order valence-electron chi connectivity index (χ0n) is 12.2. The highest BCUT2D eigenvalue weighted by atomic mass is 16.7. The Morgan fingerprint density at radius 2 is 2.00 bits per heavy atom. The summed E-state index contributed by atoms with van der Waals surface area (Å²) in [4.78, 5) is 24.8. The van der Waals surface area contributed by atoms with Crippen molar-refractivity contribution in [1.29, 1.82) is 0 Å². The van der Waals surface area contributed by atoms with Crippen LogP contribution in [0.2, 0.25) is 0 Å². The van der Waals surface area contributed by atoms with Crippen LogP contribution >= 0.6 is 0 Å². The summed E-state index contributed by atoms with van der Waals surface area (Å²) in [6, 6.07) is 4.52. The Kier molecular flexibility index (Phi) is 3.93. The number of carboxylic acids is 1. The van der Waals surface area contributed by atoms with Crippen molar-refractivity contribution in [2.75, 3.05) is 18.7 Å². The average molecular weight is 294 g/mol. The summed E-state index contributed by atoms with van der Waals surface area (Å²) in [7, 11) is 0. The van der Waals surface area contributed by atoms with E-state index in [-0.39, 0.29) is 13.3 Å². The largest absolute Gasteiger partial charge is 0.480 e. The molecule has 114 valence electrons. The van der Waals surface area contributed by atoms with Gasteiger partial charge in [0.15, 0.2) is 11.5 Å². The van der Waals surface area contributed by atoms with E-state index in [0.29, 0.717) is 17.2 Å². The van der Waals surface area contributed by atoms with Crippen molar-refractivity contribution in [1.82, 2.24) is 4.90 Å². The summed E-state index contributed by atoms with van der Waals surface area (Å²) >= 11 is 0. The fraction of sp³-hybridized carbons (Fsp3) is 0.429. The summed E-state index contributed by atoms with van der Waals surface area (Å²) < 4.78 is 10.4. The normalized spacial score (nSPS) is 12.9. The zero-order chi connectivity index (χ0) is 15.6. The van der Waals surface area contributed by atoms with Gasteiger partial charge in [0, 0.05) is 18.3 Å². The van der Waals surface area contributed by atoms with Crippen LogP contribution < -0.4 is 14.8 Å². The quantitative estimate of drug-likeness (QED) is 0.888. The van der Waals surface area contributed by atoms with Gasteiger partial charge >= 0.3 is 12.0 Å². The van der Waals surface area contributed by atoms with Crippen molar-refractivity contribution in [2.24, 2.45) is 0 Å². The van der Waals surface area contributed by atoms with E-state index < -0.39 is 17.5 Å². The molecule has 7 heteroatoms. The molecule has 1 aromatic carbocycles. The molecule has 0 aliphatic carbocycles. The third kappa shape index (κ3) is 2.86. The van der Waals surface area contributed by atoms with Crippen LogP contribution in [-0.2, 0) is 4.79 Å². The smallest absolute Gasteiger partial charge is 0.329 e. The van der Waals surface area contributed by atoms with Crippen molar-refractivity contribution in [3.8, 4) is 11.5 Å². The Morgan fingerprint density at radius 3 is 2.62 bits per heavy atom. The van der Waals surface area contributed by atoms with E-state index in [0.717, 1.165) is 0 Å². The molecule has 0 radical (unpaired) electrons. The molecule has 1 aromatic rings. The van der Waals surface area contributed by atoms with Crippen LogP contribution in [0.1, 0.15) is 20.8 Å². The second-order valence-electron chi connectivity index (χ2n) is 5.11. The first-order valence-corrected chi connectivity index (χ1v) is 6.58. The van der Waals surface area contributed by atoms with Crippen LogP contribution in [0.4, 0.5) is 10.5 Å². The van der Waals surface area contributed by atoms with Gasteiger partial charge in [-0.05, 0) is 32.9 Å². The molecular formula is C14H18N2O5. The van der Waals surface area contributed by atoms with Gasteiger partial charge in [-0.25, -0.2) is 9.59 Å². The van der Waals surface area contributed by atoms with E-state index in [2.05, 4.69) is 5.32 Å². The number of nitrogens with one attached hydrogen (secondary N) is 1. The first kappa shape index (κ1) is 15.0. The van der Waals surface area contributed by atoms with Crippen molar-refractivity contribution >= 4 is 17.7 Å². The molecule has 0 saturated carbocycles. The highest BCUT2D eigenvalue weighted by molar-refractivity contribution is 5.93. The number of hydrogen-bond acceptors (Lipinski definition) is 4. The molecular weight excluding hydrogens is 276 g/mol. The van der Waals surface area contributed by atoms with E-state index in [9.17, 15) is 14.7 Å². The third-order valence-electron chi connectivity index (χ3n) is 3.38. The van der Waals surface area contributed by atoms with Crippen LogP contribution in [0.25, 0.3) is 0 Å². The molecule has 0 aromatic heterocycles. The summed E-state index contributed by atoms with van der Waals surface area (Å²) in [6.07, 6.45) is 0. The van der Waals surface area contributed by atoms with Crippen molar-refractivity contribution in [3.05, 3.63) is 18.2 Å². The van der Waals surface area contributed by atoms with Gasteiger partial charge in [-0.1, -0.05) is 0 Å². The lowest BCUT2D eigenvalue weighted by Gasteiger charge is -2.34. The van der Waals surface area contributed by atoms with Crippen molar-refractivity contribution in [2.45, 2.75) is 26.3 Å². The van der Waals surface area contributed by atoms with Gasteiger partial charge in [-0.15, -0.1) is 0 Å². The number of carboxylic acid groups (broad SMARTS) is 1. The average Bonchev–Trinajstić information content (AvgIpc) is 2.86. The standard InChI is InChI=1S/C14H18N2O5/c1-4-16(14(2,3)12(17)18)13(19)15-9-5-6-10-11(7-9)21-8-20-10/h5-7H,4,8H2,1-3H3,(H,15,19)(H,17,18). The summed E-state index contributed by atoms with van der Waals surface area (Å²) in [5.41, 5.74) is -0.779. The molecule has 1 aliphatic heterocycles. The Bertz CT molecular complexity index is 570. The number of rotatable bonds is 4. The molecule has 21 heavy (non-hydrogen) atoms. The second-order valence-corrected chi connectivity index (χ2v) is 5.11. The molecule has 2 N–H and O–H groups in total. The first-order chi connectivity index (χ1) is 9.86. The topological polar surface area (TPSA) is 88.1 Å². The maximum Gasteiger partial charge on any atom is 0.329 e. The number of ether oxygens (including phenoxy) is 2. The molecule has 0 saturated heterocycles. The first-order valence-electron chi connectivity index (χ1n) is 6.58. The number of nitrogens with zero attached hydrogens (tertiary/aromatic N) is 1. The zero-order valence-corrected chi connectivity index (χ0v) is 12.2. The van der Waals surface area contributed by atoms with Gasteiger partial charge in [-0.3, -0.25) is 0 Å². The minimum atomic E-state index is -1.30. The number of hydrogen-bond donors (Lipinski definition) is 2. The van der Waals surface area contributed by atoms with E-state index in [1.54, 1.807) is 25.1 Å². The van der Waals surface area contributed by atoms with E-state index in [1.165, 1.54) is 18.7 Å². The lowest BCUT2D eigenvalue weighted by atomic mass is 10.0. The molecule has 1 heterocycles. The lowest BCUT2D eigenvalue weighted by Crippen LogP contribution is -2.54. The van der Waals surface area contributed by atoms with Crippen LogP contribution in [0.5, 0.6) is 11.5 Å². The SMILES string of the molecule is CCN(C(=O)Nc1ccc2c(c1)OCO2)C(C)(C)C(=O)O. The number of anilines is 1. The number of aliphatic carboxylic acids is 1. The second kappa shape index (κ2) is 5.51. The van der Waals surface area contributed by atoms with Gasteiger partial charge in [0.1, 0.15) is 5.54 Å². The lowest BCUT2D eigenvalue weighted by molar-refractivity contribution is -0.147. The Balaban J connectivity index is 2.14. The number of amides is 2. The van der Waals surface area contributed by atoms with E-state index >= 15 is 0 Å². The summed E-state index contributed by atoms with van der Waals surface area (Å²) in [5.74, 6) is 0.102. The third-order valence-corrected chi connectivity index (χ3v) is 3.38. The van der Waals surface area contributed by atoms with Crippen LogP contribution in [0.3, 0.4) is 0 Å². The molecule has 7 nitrogen and oxygen atoms in total. The maximum atomic E-state index is 12.3. The molecule has 0 unspecified atom stereocenters. The van der Waals surface area contributed by atoms with E-state index in [4.69, 9.17) is 9.47 Å². The van der Waals surface area contributed by atoms with Crippen LogP contribution in [0, 0.1) is 0 Å². The molecule has 0 fully saturated rings. The van der Waals surface area contributed by atoms with Gasteiger partial charge in [0.2, 0.25) is 6.79 Å². The molecule has 0 bridgehead atoms. The highest BCUT2D eigenvalue weighted by Gasteiger charge is 2.37. The minimum absolute atomic E-state index is 0.153. The Hall–Kier alpha value is -2.44. The highest BCUT2D eigenvalue weighted by Crippen LogP contribution is 2.34. The molecule has 2 rings (SSSR count). The summed E-state index contributed by atoms with van der Waals surface area (Å²) in [6.45, 7) is 5.12. The fourth-order valence-corrected chi connectivity index (χ4v) is 2.07. The number of fused-ring (bicyclic) bond motifs is 1. The minimum Gasteiger partial charge on any atom is -0.480 e. The predicted molar refractivity (Wildman–Crippen MR) is 75.7 cm³/mol. The maximum absolute atomic E-state index is 12.3. The fourth-order valence-electron chi connectivity index (χ4n) is 2.07. The molecule has 2 amide bonds. The van der Waals surface area contributed by atoms with Gasteiger partial charge in [0.05, 0.1) is 0 Å². The molecule has 0 atom stereocenters. The Morgan fingerprint density at radius 1 is 1.33 bits per heavy atom. The van der Waals surface area contributed by atoms with Crippen molar-refractivity contribution in [3.63, 3.8) is 0 Å². The number of carbonyl (C=O) groups excluding carboxylic acids is 1. The Labute approximate surface area is 122 Å². The van der Waals surface area contributed by atoms with Crippen LogP contribution in [-0.4, -0.2) is 40.9 Å². The van der Waals surface area contributed by atoms with Gasteiger partial charge in [0.25, 0.3) is 0 Å². The summed E-state index contributed by atoms with van der Waals surface area (Å²) in [5, 5.41) is 11.9.